The predicted molar refractivity (Wildman–Crippen MR) is 288 cm³/mol. The van der Waals surface area contributed by atoms with E-state index >= 15 is 0 Å². The molecule has 0 fully saturated rings. The number of anilines is 2. The van der Waals surface area contributed by atoms with Crippen molar-refractivity contribution in [2.75, 3.05) is 26.6 Å². The number of fused-ring (bicyclic) bond motifs is 3. The summed E-state index contributed by atoms with van der Waals surface area (Å²) in [5.41, 5.74) is 4.66. The highest BCUT2D eigenvalue weighted by molar-refractivity contribution is 8.24. The van der Waals surface area contributed by atoms with E-state index in [1.54, 1.807) is 115 Å². The van der Waals surface area contributed by atoms with E-state index in [0.29, 0.717) is 56.5 Å². The van der Waals surface area contributed by atoms with Crippen LogP contribution in [-0.2, 0) is 4.57 Å². The van der Waals surface area contributed by atoms with Crippen LogP contribution in [0.3, 0.4) is 0 Å². The number of rotatable bonds is 8. The molecule has 10 aromatic rings. The maximum Gasteiger partial charge on any atom is 0.339 e. The largest absolute Gasteiger partial charge is 0.497 e. The second kappa shape index (κ2) is 26.4. The van der Waals surface area contributed by atoms with Gasteiger partial charge < -0.3 is 29.6 Å². The van der Waals surface area contributed by atoms with Crippen molar-refractivity contribution >= 4 is 94.7 Å². The van der Waals surface area contributed by atoms with Crippen LogP contribution in [0.2, 0.25) is 5.15 Å². The molecule has 16 nitrogen and oxygen atoms in total. The van der Waals surface area contributed by atoms with Gasteiger partial charge in [-0.05, 0) is 151 Å². The number of nitrogens with zero attached hydrogens (tertiary/aromatic N) is 8. The lowest BCUT2D eigenvalue weighted by Crippen LogP contribution is -2.09. The van der Waals surface area contributed by atoms with Gasteiger partial charge in [0.25, 0.3) is 5.56 Å². The molecular formula is C51H44Cl4FN10O6P. The van der Waals surface area contributed by atoms with E-state index in [2.05, 4.69) is 83.9 Å². The second-order valence-corrected chi connectivity index (χ2v) is 22.1. The van der Waals surface area contributed by atoms with E-state index < -0.39 is 5.20 Å². The molecule has 73 heavy (non-hydrogen) atoms. The van der Waals surface area contributed by atoms with Gasteiger partial charge >= 0.3 is 5.20 Å². The van der Waals surface area contributed by atoms with Crippen molar-refractivity contribution in [1.29, 1.82) is 0 Å². The van der Waals surface area contributed by atoms with Gasteiger partial charge in [-0.1, -0.05) is 23.7 Å². The van der Waals surface area contributed by atoms with Gasteiger partial charge in [0.15, 0.2) is 11.6 Å². The molecule has 3 N–H and O–H groups in total. The zero-order valence-corrected chi connectivity index (χ0v) is 43.3. The maximum absolute atomic E-state index is 14.1. The van der Waals surface area contributed by atoms with E-state index in [0.717, 1.165) is 44.2 Å². The molecule has 0 unspecified atom stereocenters. The number of H-pyrrole nitrogens is 1. The Morgan fingerprint density at radius 1 is 0.603 bits per heavy atom. The Morgan fingerprint density at radius 2 is 1.04 bits per heavy atom. The van der Waals surface area contributed by atoms with Crippen LogP contribution in [0.5, 0.6) is 17.2 Å². The van der Waals surface area contributed by atoms with Gasteiger partial charge in [0.2, 0.25) is 0 Å². The van der Waals surface area contributed by atoms with Crippen molar-refractivity contribution in [2.45, 2.75) is 20.0 Å². The third kappa shape index (κ3) is 16.3. The van der Waals surface area contributed by atoms with Crippen molar-refractivity contribution < 1.29 is 28.3 Å². The third-order valence-electron chi connectivity index (χ3n) is 9.57. The number of halogens is 5. The highest BCUT2D eigenvalue weighted by Crippen LogP contribution is 2.61. The Balaban J connectivity index is 0.000000167. The monoisotopic (exact) mass is 1080 g/mol. The number of para-hydroxylation sites is 1. The molecule has 374 valence electrons. The molecule has 6 aromatic heterocycles. The quantitative estimate of drug-likeness (QED) is 0.0953. The fourth-order valence-corrected chi connectivity index (χ4v) is 6.58. The summed E-state index contributed by atoms with van der Waals surface area (Å²) >= 11 is 20.1. The number of aromatic amines is 1. The minimum Gasteiger partial charge on any atom is -0.497 e. The minimum absolute atomic E-state index is 0.167. The Kier molecular flexibility index (Phi) is 19.8. The van der Waals surface area contributed by atoms with Crippen LogP contribution in [0.15, 0.2) is 157 Å². The molecule has 22 heteroatoms. The van der Waals surface area contributed by atoms with Crippen LogP contribution in [-0.4, -0.2) is 77.4 Å². The Hall–Kier alpha value is -7.37. The van der Waals surface area contributed by atoms with Gasteiger partial charge in [0.1, 0.15) is 39.9 Å². The predicted octanol–water partition coefficient (Wildman–Crippen LogP) is 13.1. The summed E-state index contributed by atoms with van der Waals surface area (Å²) in [4.78, 5) is 49.4. The molecule has 0 amide bonds. The number of methoxy groups -OCH3 is 3. The van der Waals surface area contributed by atoms with Crippen LogP contribution in [0.25, 0.3) is 66.9 Å². The Labute approximate surface area is 437 Å². The minimum atomic E-state index is -3.22. The van der Waals surface area contributed by atoms with Gasteiger partial charge in [-0.2, -0.15) is 0 Å². The van der Waals surface area contributed by atoms with Gasteiger partial charge in [-0.25, -0.2) is 29.3 Å². The van der Waals surface area contributed by atoms with E-state index in [1.165, 1.54) is 6.07 Å². The van der Waals surface area contributed by atoms with Crippen molar-refractivity contribution in [1.82, 2.24) is 44.9 Å². The Bertz CT molecular complexity index is 3520. The first kappa shape index (κ1) is 55.0. The standard InChI is InChI=1S/C20H15FN4O.C14H10ClN3O.C14H11N3O2.C3H8O.Cl3OP/c1-26-14-8-9-17-15(11-14)20(24-18-7-3-2-6-16(18)21)25-19(23-17)13-5-4-10-22-12-13;1-19-10-4-5-12-11(7-10)13(15)18-14(17-12)9-3-2-6-16-8-9;1-19-10-4-5-12-11(7-10)14(18)17-13(16-12)9-3-2-6-15-8-9;1-3(2)4;1-5(2,3)4/h2-12H,1H3,(H,23,24,25);2-8H,1H3;2-8H,1H3,(H,16,17,18);3-4H,1-2H3;. The number of aliphatic hydroxyl groups excluding tert-OH is 1. The first-order valence-electron chi connectivity index (χ1n) is 21.6. The average molecular weight is 1080 g/mol. The number of hydrogen-bond acceptors (Lipinski definition) is 15. The first-order valence-corrected chi connectivity index (χ1v) is 26.4. The summed E-state index contributed by atoms with van der Waals surface area (Å²) in [6.45, 7) is 3.44. The van der Waals surface area contributed by atoms with E-state index in [1.807, 2.05) is 66.7 Å². The van der Waals surface area contributed by atoms with Crippen molar-refractivity contribution in [2.24, 2.45) is 0 Å². The summed E-state index contributed by atoms with van der Waals surface area (Å²) < 4.78 is 39.2. The Morgan fingerprint density at radius 3 is 1.52 bits per heavy atom. The van der Waals surface area contributed by atoms with Gasteiger partial charge in [-0.15, -0.1) is 0 Å². The molecule has 0 aliphatic rings. The molecule has 0 bridgehead atoms. The zero-order valence-electron chi connectivity index (χ0n) is 39.4. The third-order valence-corrected chi connectivity index (χ3v) is 9.86. The summed E-state index contributed by atoms with van der Waals surface area (Å²) in [6.07, 6.45) is 9.96. The fraction of sp³-hybridized carbons (Fsp3) is 0.118. The lowest BCUT2D eigenvalue weighted by molar-refractivity contribution is 0.216. The van der Waals surface area contributed by atoms with E-state index in [4.69, 9.17) is 30.9 Å². The van der Waals surface area contributed by atoms with Gasteiger partial charge in [-0.3, -0.25) is 24.3 Å². The molecule has 0 spiro atoms. The van der Waals surface area contributed by atoms with Crippen LogP contribution in [0.1, 0.15) is 13.8 Å². The van der Waals surface area contributed by atoms with E-state index in [9.17, 15) is 13.8 Å². The lowest BCUT2D eigenvalue weighted by Gasteiger charge is -2.12. The molecule has 0 saturated heterocycles. The first-order chi connectivity index (χ1) is 35.0. The normalized spacial score (nSPS) is 10.6. The molecule has 6 heterocycles. The topological polar surface area (TPSA) is 213 Å². The highest BCUT2D eigenvalue weighted by atomic mass is 36.0. The molecule has 0 radical (unpaired) electrons. The fourth-order valence-electron chi connectivity index (χ4n) is 6.35. The van der Waals surface area contributed by atoms with E-state index in [-0.39, 0.29) is 17.5 Å². The number of nitrogens with one attached hydrogen (secondary N) is 2. The van der Waals surface area contributed by atoms with Crippen LogP contribution >= 0.6 is 50.5 Å². The molecule has 10 rings (SSSR count). The summed E-state index contributed by atoms with van der Waals surface area (Å²) in [7, 11) is 4.77. The molecule has 4 aromatic carbocycles. The SMILES string of the molecule is CC(C)O.COc1ccc2nc(-c3cccnc3)[nH]c(=O)c2c1.COc1ccc2nc(-c3cccnc3)nc(Cl)c2c1.COc1ccc2nc(-c3cccnc3)nc(Nc3ccccc3F)c2c1.O=P(Cl)(Cl)Cl. The number of ether oxygens (including phenoxy) is 3. The van der Waals surface area contributed by atoms with Crippen molar-refractivity contribution in [3.05, 3.63) is 174 Å². The number of aromatic nitrogens is 9. The highest BCUT2D eigenvalue weighted by Gasteiger charge is 2.14. The molecule has 0 atom stereocenters. The van der Waals surface area contributed by atoms with Gasteiger partial charge in [0.05, 0.1) is 49.0 Å². The smallest absolute Gasteiger partial charge is 0.339 e. The molecule has 0 saturated carbocycles. The van der Waals surface area contributed by atoms with Crippen LogP contribution in [0, 0.1) is 5.82 Å². The number of hydrogen-bond donors (Lipinski definition) is 3. The maximum atomic E-state index is 14.1. The lowest BCUT2D eigenvalue weighted by atomic mass is 10.2. The summed E-state index contributed by atoms with van der Waals surface area (Å²) in [5.74, 6) is 3.76. The van der Waals surface area contributed by atoms with Crippen molar-refractivity contribution in [3.8, 4) is 51.4 Å². The zero-order chi connectivity index (χ0) is 52.5. The number of aliphatic hydroxyl groups is 1. The molecule has 0 aliphatic carbocycles. The van der Waals surface area contributed by atoms with Crippen LogP contribution < -0.4 is 25.1 Å². The molecular weight excluding hydrogens is 1040 g/mol. The van der Waals surface area contributed by atoms with Gasteiger partial charge in [0, 0.05) is 70.7 Å². The number of benzene rings is 4. The second-order valence-electron chi connectivity index (χ2n) is 15.1. The van der Waals surface area contributed by atoms with Crippen LogP contribution in [0.4, 0.5) is 15.9 Å². The molecule has 0 aliphatic heterocycles. The average Bonchev–Trinajstić information content (AvgIpc) is 3.39. The summed E-state index contributed by atoms with van der Waals surface area (Å²) in [6, 6.07) is 33.8. The summed E-state index contributed by atoms with van der Waals surface area (Å²) in [5, 5.41) is 10.3. The van der Waals surface area contributed by atoms with Crippen molar-refractivity contribution in [3.63, 3.8) is 0 Å². The number of pyridine rings is 3.